The topological polar surface area (TPSA) is 89.9 Å². The third-order valence-corrected chi connectivity index (χ3v) is 7.15. The first-order valence-corrected chi connectivity index (χ1v) is 11.9. The van der Waals surface area contributed by atoms with Gasteiger partial charge in [-0.05, 0) is 36.3 Å². The second-order valence-electron chi connectivity index (χ2n) is 7.25. The summed E-state index contributed by atoms with van der Waals surface area (Å²) >= 11 is 3.09. The van der Waals surface area contributed by atoms with E-state index >= 15 is 0 Å². The highest BCUT2D eigenvalue weighted by atomic mass is 32.2. The molecule has 2 aliphatic heterocycles. The zero-order valence-corrected chi connectivity index (χ0v) is 17.9. The summed E-state index contributed by atoms with van der Waals surface area (Å²) in [4.78, 5) is 41.7. The summed E-state index contributed by atoms with van der Waals surface area (Å²) in [7, 11) is 0. The predicted octanol–water partition coefficient (Wildman–Crippen LogP) is 2.10. The van der Waals surface area contributed by atoms with Crippen molar-refractivity contribution in [3.05, 3.63) is 22.4 Å². The van der Waals surface area contributed by atoms with Gasteiger partial charge in [0.25, 0.3) is 5.91 Å². The fourth-order valence-corrected chi connectivity index (χ4v) is 5.37. The van der Waals surface area contributed by atoms with E-state index in [2.05, 4.69) is 5.32 Å². The molecule has 0 bridgehead atoms. The van der Waals surface area contributed by atoms with Gasteiger partial charge in [0.1, 0.15) is 6.04 Å². The molecule has 0 radical (unpaired) electrons. The molecule has 2 fully saturated rings. The molecule has 9 heteroatoms. The van der Waals surface area contributed by atoms with E-state index in [0.717, 1.165) is 5.75 Å². The SMILES string of the molecule is CCC(C(=O)O)N1C(=O)C(CCSC)NC12CCN(C(=O)c1cccs1)CC2. The minimum absolute atomic E-state index is 0.00457. The van der Waals surface area contributed by atoms with E-state index in [0.29, 0.717) is 43.6 Å². The number of thioether (sulfide) groups is 1. The first kappa shape index (κ1) is 21.1. The van der Waals surface area contributed by atoms with Crippen LogP contribution in [0.3, 0.4) is 0 Å². The van der Waals surface area contributed by atoms with E-state index in [-0.39, 0.29) is 17.9 Å². The summed E-state index contributed by atoms with van der Waals surface area (Å²) in [6.07, 6.45) is 4.10. The Hall–Kier alpha value is -1.58. The molecule has 1 spiro atoms. The highest BCUT2D eigenvalue weighted by Gasteiger charge is 2.55. The summed E-state index contributed by atoms with van der Waals surface area (Å²) in [5, 5.41) is 15.1. The summed E-state index contributed by atoms with van der Waals surface area (Å²) in [5.74, 6) is -0.258. The molecule has 3 rings (SSSR count). The monoisotopic (exact) mass is 425 g/mol. The van der Waals surface area contributed by atoms with Crippen LogP contribution in [0.2, 0.25) is 0 Å². The Bertz CT molecular complexity index is 717. The zero-order valence-electron chi connectivity index (χ0n) is 16.2. The number of carboxylic acids is 1. The number of nitrogens with zero attached hydrogens (tertiary/aromatic N) is 2. The van der Waals surface area contributed by atoms with Gasteiger partial charge in [-0.2, -0.15) is 11.8 Å². The van der Waals surface area contributed by atoms with Gasteiger partial charge in [0, 0.05) is 25.9 Å². The first-order chi connectivity index (χ1) is 13.4. The Labute approximate surface area is 173 Å². The minimum Gasteiger partial charge on any atom is -0.480 e. The Morgan fingerprint density at radius 2 is 2.14 bits per heavy atom. The lowest BCUT2D eigenvalue weighted by molar-refractivity contribution is -0.154. The van der Waals surface area contributed by atoms with E-state index < -0.39 is 17.7 Å². The number of amides is 2. The van der Waals surface area contributed by atoms with Crippen LogP contribution in [-0.2, 0) is 9.59 Å². The summed E-state index contributed by atoms with van der Waals surface area (Å²) in [6, 6.07) is 2.47. The minimum atomic E-state index is -0.973. The second kappa shape index (κ2) is 8.84. The first-order valence-electron chi connectivity index (χ1n) is 9.59. The van der Waals surface area contributed by atoms with Crippen LogP contribution < -0.4 is 5.32 Å². The molecule has 2 saturated heterocycles. The lowest BCUT2D eigenvalue weighted by Crippen LogP contribution is -2.63. The molecule has 154 valence electrons. The summed E-state index contributed by atoms with van der Waals surface area (Å²) in [6.45, 7) is 2.79. The van der Waals surface area contributed by atoms with Crippen molar-refractivity contribution < 1.29 is 19.5 Å². The number of carbonyl (C=O) groups is 3. The van der Waals surface area contributed by atoms with Gasteiger partial charge >= 0.3 is 5.97 Å². The number of rotatable bonds is 7. The third kappa shape index (κ3) is 3.92. The summed E-state index contributed by atoms with van der Waals surface area (Å²) < 4.78 is 0. The average molecular weight is 426 g/mol. The van der Waals surface area contributed by atoms with Gasteiger partial charge in [0.2, 0.25) is 5.91 Å². The van der Waals surface area contributed by atoms with Gasteiger partial charge in [-0.3, -0.25) is 14.9 Å². The van der Waals surface area contributed by atoms with Crippen LogP contribution in [0, 0.1) is 0 Å². The molecule has 2 unspecified atom stereocenters. The maximum absolute atomic E-state index is 13.1. The molecule has 28 heavy (non-hydrogen) atoms. The number of likely N-dealkylation sites (tertiary alicyclic amines) is 1. The normalized spacial score (nSPS) is 22.6. The molecule has 0 saturated carbocycles. The predicted molar refractivity (Wildman–Crippen MR) is 111 cm³/mol. The lowest BCUT2D eigenvalue weighted by atomic mass is 9.93. The molecule has 2 N–H and O–H groups in total. The molecule has 7 nitrogen and oxygen atoms in total. The maximum Gasteiger partial charge on any atom is 0.326 e. The van der Waals surface area contributed by atoms with Gasteiger partial charge in [0.15, 0.2) is 0 Å². The van der Waals surface area contributed by atoms with Crippen molar-refractivity contribution in [1.82, 2.24) is 15.1 Å². The smallest absolute Gasteiger partial charge is 0.326 e. The molecule has 2 amide bonds. The summed E-state index contributed by atoms with van der Waals surface area (Å²) in [5.41, 5.74) is -0.689. The van der Waals surface area contributed by atoms with Crippen molar-refractivity contribution >= 4 is 40.9 Å². The van der Waals surface area contributed by atoms with Crippen LogP contribution in [0.1, 0.15) is 42.3 Å². The molecule has 0 aromatic carbocycles. The van der Waals surface area contributed by atoms with Gasteiger partial charge in [-0.15, -0.1) is 11.3 Å². The number of aliphatic carboxylic acids is 1. The second-order valence-corrected chi connectivity index (χ2v) is 9.18. The molecular formula is C19H27N3O4S2. The van der Waals surface area contributed by atoms with E-state index in [1.807, 2.05) is 23.8 Å². The molecule has 3 heterocycles. The van der Waals surface area contributed by atoms with Gasteiger partial charge in [-0.25, -0.2) is 4.79 Å². The van der Waals surface area contributed by atoms with Crippen molar-refractivity contribution in [2.75, 3.05) is 25.1 Å². The number of carboxylic acid groups (broad SMARTS) is 1. The third-order valence-electron chi connectivity index (χ3n) is 5.64. The number of hydrogen-bond acceptors (Lipinski definition) is 6. The van der Waals surface area contributed by atoms with E-state index in [1.165, 1.54) is 11.3 Å². The molecule has 1 aromatic heterocycles. The van der Waals surface area contributed by atoms with Gasteiger partial charge in [-0.1, -0.05) is 13.0 Å². The van der Waals surface area contributed by atoms with Crippen LogP contribution >= 0.6 is 23.1 Å². The largest absolute Gasteiger partial charge is 0.480 e. The number of piperidine rings is 1. The van der Waals surface area contributed by atoms with Gasteiger partial charge < -0.3 is 14.9 Å². The fraction of sp³-hybridized carbons (Fsp3) is 0.632. The van der Waals surface area contributed by atoms with Crippen LogP contribution in [0.15, 0.2) is 17.5 Å². The number of hydrogen-bond donors (Lipinski definition) is 2. The molecular weight excluding hydrogens is 398 g/mol. The molecule has 2 atom stereocenters. The van der Waals surface area contributed by atoms with Crippen molar-refractivity contribution in [2.24, 2.45) is 0 Å². The lowest BCUT2D eigenvalue weighted by Gasteiger charge is -2.46. The fourth-order valence-electron chi connectivity index (χ4n) is 4.21. The molecule has 1 aromatic rings. The van der Waals surface area contributed by atoms with Crippen molar-refractivity contribution in [2.45, 2.75) is 50.4 Å². The highest BCUT2D eigenvalue weighted by molar-refractivity contribution is 7.98. The van der Waals surface area contributed by atoms with E-state index in [4.69, 9.17) is 0 Å². The van der Waals surface area contributed by atoms with Crippen LogP contribution in [-0.4, -0.2) is 75.5 Å². The zero-order chi connectivity index (χ0) is 20.3. The van der Waals surface area contributed by atoms with E-state index in [9.17, 15) is 19.5 Å². The Balaban J connectivity index is 1.80. The van der Waals surface area contributed by atoms with Crippen LogP contribution in [0.4, 0.5) is 0 Å². The standard InChI is InChI=1S/C19H27N3O4S2/c1-3-14(18(25)26)22-16(23)13(6-12-27-2)20-19(22)7-9-21(10-8-19)17(24)15-5-4-11-28-15/h4-5,11,13-14,20H,3,6-10,12H2,1-2H3,(H,25,26). The average Bonchev–Trinajstić information content (AvgIpc) is 3.30. The highest BCUT2D eigenvalue weighted by Crippen LogP contribution is 2.36. The Morgan fingerprint density at radius 3 is 2.68 bits per heavy atom. The van der Waals surface area contributed by atoms with Crippen LogP contribution in [0.5, 0.6) is 0 Å². The number of carbonyl (C=O) groups excluding carboxylic acids is 2. The van der Waals surface area contributed by atoms with Crippen molar-refractivity contribution in [1.29, 1.82) is 0 Å². The molecule has 0 aliphatic carbocycles. The molecule has 2 aliphatic rings. The number of nitrogens with one attached hydrogen (secondary N) is 1. The number of thiophene rings is 1. The quantitative estimate of drug-likeness (QED) is 0.695. The van der Waals surface area contributed by atoms with E-state index in [1.54, 1.807) is 28.5 Å². The van der Waals surface area contributed by atoms with Crippen molar-refractivity contribution in [3.8, 4) is 0 Å². The van der Waals surface area contributed by atoms with Crippen molar-refractivity contribution in [3.63, 3.8) is 0 Å². The van der Waals surface area contributed by atoms with Gasteiger partial charge in [0.05, 0.1) is 16.6 Å². The maximum atomic E-state index is 13.1. The van der Waals surface area contributed by atoms with Crippen LogP contribution in [0.25, 0.3) is 0 Å². The Morgan fingerprint density at radius 1 is 1.43 bits per heavy atom. The Kier molecular flexibility index (Phi) is 6.67.